The molecule has 88 valence electrons. The number of carbonyl (C=O) groups excluding carboxylic acids is 1. The summed E-state index contributed by atoms with van der Waals surface area (Å²) in [5.74, 6) is -0.442. The Kier molecular flexibility index (Phi) is 2.50. The molecule has 0 amide bonds. The van der Waals surface area contributed by atoms with Gasteiger partial charge in [0.2, 0.25) is 0 Å². The Morgan fingerprint density at radius 3 is 2.75 bits per heavy atom. The predicted molar refractivity (Wildman–Crippen MR) is 57.1 cm³/mol. The quantitative estimate of drug-likeness (QED) is 0.764. The number of methoxy groups -OCH3 is 1. The first-order valence-electron chi connectivity index (χ1n) is 5.32. The maximum Gasteiger partial charge on any atom is 0.358 e. The van der Waals surface area contributed by atoms with Gasteiger partial charge in [-0.1, -0.05) is 0 Å². The maximum absolute atomic E-state index is 11.6. The van der Waals surface area contributed by atoms with Gasteiger partial charge in [0.05, 0.1) is 13.2 Å². The number of esters is 1. The molecule has 1 atom stereocenters. The summed E-state index contributed by atoms with van der Waals surface area (Å²) in [6.07, 6.45) is 3.10. The van der Waals surface area contributed by atoms with Crippen molar-refractivity contribution in [1.82, 2.24) is 9.78 Å². The highest BCUT2D eigenvalue weighted by Crippen LogP contribution is 2.51. The molecule has 0 aliphatic heterocycles. The Morgan fingerprint density at radius 1 is 1.69 bits per heavy atom. The van der Waals surface area contributed by atoms with Crippen molar-refractivity contribution >= 4 is 5.97 Å². The fraction of sp³-hybridized carbons (Fsp3) is 0.636. The third kappa shape index (κ3) is 1.51. The van der Waals surface area contributed by atoms with E-state index < -0.39 is 12.1 Å². The molecule has 1 heterocycles. The normalized spacial score (nSPS) is 19.2. The standard InChI is InChI=1S/C11H16N2O3/c1-7(14)11(4-5-11)8-6-13(2)12-9(8)10(15)16-3/h6-7,14H,4-5H2,1-3H3. The van der Waals surface area contributed by atoms with E-state index in [1.807, 2.05) is 0 Å². The van der Waals surface area contributed by atoms with E-state index in [1.54, 1.807) is 24.9 Å². The minimum Gasteiger partial charge on any atom is -0.464 e. The second kappa shape index (κ2) is 3.59. The smallest absolute Gasteiger partial charge is 0.358 e. The van der Waals surface area contributed by atoms with Crippen LogP contribution in [-0.2, 0) is 17.2 Å². The average Bonchev–Trinajstić information content (AvgIpc) is 2.96. The SMILES string of the molecule is COC(=O)c1nn(C)cc1C1(C(C)O)CC1. The number of carbonyl (C=O) groups is 1. The highest BCUT2D eigenvalue weighted by atomic mass is 16.5. The van der Waals surface area contributed by atoms with Gasteiger partial charge in [0.15, 0.2) is 5.69 Å². The van der Waals surface area contributed by atoms with E-state index in [2.05, 4.69) is 5.10 Å². The van der Waals surface area contributed by atoms with Crippen LogP contribution < -0.4 is 0 Å². The lowest BCUT2D eigenvalue weighted by Crippen LogP contribution is -2.24. The first kappa shape index (κ1) is 11.1. The monoisotopic (exact) mass is 224 g/mol. The zero-order chi connectivity index (χ0) is 11.9. The van der Waals surface area contributed by atoms with Gasteiger partial charge in [-0.3, -0.25) is 4.68 Å². The molecule has 1 aromatic rings. The summed E-state index contributed by atoms with van der Waals surface area (Å²) in [5, 5.41) is 13.9. The van der Waals surface area contributed by atoms with Crippen LogP contribution in [0.25, 0.3) is 0 Å². The molecule has 1 unspecified atom stereocenters. The number of aryl methyl sites for hydroxylation is 1. The second-order valence-corrected chi connectivity index (χ2v) is 4.39. The molecule has 5 heteroatoms. The van der Waals surface area contributed by atoms with E-state index >= 15 is 0 Å². The van der Waals surface area contributed by atoms with E-state index in [0.717, 1.165) is 18.4 Å². The summed E-state index contributed by atoms with van der Waals surface area (Å²) in [4.78, 5) is 11.6. The van der Waals surface area contributed by atoms with Gasteiger partial charge in [0.1, 0.15) is 0 Å². The van der Waals surface area contributed by atoms with E-state index in [1.165, 1.54) is 7.11 Å². The van der Waals surface area contributed by atoms with Crippen LogP contribution in [0.15, 0.2) is 6.20 Å². The van der Waals surface area contributed by atoms with Crippen molar-refractivity contribution in [2.45, 2.75) is 31.3 Å². The summed E-state index contributed by atoms with van der Waals surface area (Å²) < 4.78 is 6.28. The van der Waals surface area contributed by atoms with E-state index in [0.29, 0.717) is 5.69 Å². The molecule has 5 nitrogen and oxygen atoms in total. The molecule has 1 fully saturated rings. The van der Waals surface area contributed by atoms with Crippen LogP contribution in [0.5, 0.6) is 0 Å². The predicted octanol–water partition coefficient (Wildman–Crippen LogP) is 0.619. The van der Waals surface area contributed by atoms with Crippen molar-refractivity contribution in [3.8, 4) is 0 Å². The molecule has 1 aromatic heterocycles. The van der Waals surface area contributed by atoms with E-state index in [-0.39, 0.29) is 5.41 Å². The third-order valence-electron chi connectivity index (χ3n) is 3.33. The third-order valence-corrected chi connectivity index (χ3v) is 3.33. The minimum absolute atomic E-state index is 0.294. The van der Waals surface area contributed by atoms with Gasteiger partial charge in [-0.25, -0.2) is 4.79 Å². The van der Waals surface area contributed by atoms with Gasteiger partial charge >= 0.3 is 5.97 Å². The van der Waals surface area contributed by atoms with Gasteiger partial charge < -0.3 is 9.84 Å². The number of rotatable bonds is 3. The van der Waals surface area contributed by atoms with Crippen molar-refractivity contribution in [1.29, 1.82) is 0 Å². The highest BCUT2D eigenvalue weighted by Gasteiger charge is 2.51. The molecular formula is C11H16N2O3. The molecule has 0 radical (unpaired) electrons. The molecule has 0 bridgehead atoms. The molecule has 0 aromatic carbocycles. The van der Waals surface area contributed by atoms with Crippen molar-refractivity contribution in [2.75, 3.05) is 7.11 Å². The first-order valence-corrected chi connectivity index (χ1v) is 5.32. The van der Waals surface area contributed by atoms with Crippen LogP contribution in [0.3, 0.4) is 0 Å². The molecule has 1 aliphatic rings. The van der Waals surface area contributed by atoms with Crippen LogP contribution in [0.4, 0.5) is 0 Å². The van der Waals surface area contributed by atoms with Crippen molar-refractivity contribution in [3.63, 3.8) is 0 Å². The summed E-state index contributed by atoms with van der Waals surface area (Å²) in [6, 6.07) is 0. The Morgan fingerprint density at radius 2 is 2.31 bits per heavy atom. The molecule has 2 rings (SSSR count). The van der Waals surface area contributed by atoms with Crippen LogP contribution in [-0.4, -0.2) is 34.1 Å². The molecule has 0 spiro atoms. The lowest BCUT2D eigenvalue weighted by Gasteiger charge is -2.17. The summed E-state index contributed by atoms with van der Waals surface area (Å²) >= 11 is 0. The lowest BCUT2D eigenvalue weighted by atomic mass is 9.91. The highest BCUT2D eigenvalue weighted by molar-refractivity contribution is 5.89. The van der Waals surface area contributed by atoms with Crippen molar-refractivity contribution in [3.05, 3.63) is 17.5 Å². The van der Waals surface area contributed by atoms with Crippen molar-refractivity contribution in [2.24, 2.45) is 7.05 Å². The Labute approximate surface area is 94.0 Å². The maximum atomic E-state index is 11.6. The van der Waals surface area contributed by atoms with Crippen LogP contribution in [0.2, 0.25) is 0 Å². The molecule has 1 aliphatic carbocycles. The van der Waals surface area contributed by atoms with E-state index in [4.69, 9.17) is 4.74 Å². The fourth-order valence-corrected chi connectivity index (χ4v) is 2.15. The zero-order valence-corrected chi connectivity index (χ0v) is 9.73. The van der Waals surface area contributed by atoms with Gasteiger partial charge in [0.25, 0.3) is 0 Å². The van der Waals surface area contributed by atoms with Crippen molar-refractivity contribution < 1.29 is 14.6 Å². The van der Waals surface area contributed by atoms with Crippen LogP contribution in [0.1, 0.15) is 35.8 Å². The van der Waals surface area contributed by atoms with Crippen LogP contribution in [0, 0.1) is 0 Å². The molecular weight excluding hydrogens is 208 g/mol. The largest absolute Gasteiger partial charge is 0.464 e. The Balaban J connectivity index is 2.45. The summed E-state index contributed by atoms with van der Waals surface area (Å²) in [6.45, 7) is 1.75. The first-order chi connectivity index (χ1) is 7.51. The second-order valence-electron chi connectivity index (χ2n) is 4.39. The number of hydrogen-bond donors (Lipinski definition) is 1. The number of aliphatic hydroxyl groups excluding tert-OH is 1. The van der Waals surface area contributed by atoms with Gasteiger partial charge in [-0.2, -0.15) is 5.10 Å². The average molecular weight is 224 g/mol. The molecule has 16 heavy (non-hydrogen) atoms. The van der Waals surface area contributed by atoms with E-state index in [9.17, 15) is 9.90 Å². The topological polar surface area (TPSA) is 64.3 Å². The van der Waals surface area contributed by atoms with Gasteiger partial charge in [0, 0.05) is 24.2 Å². The number of aliphatic hydroxyl groups is 1. The number of nitrogens with zero attached hydrogens (tertiary/aromatic N) is 2. The molecule has 1 saturated carbocycles. The van der Waals surface area contributed by atoms with Gasteiger partial charge in [-0.05, 0) is 19.8 Å². The molecule has 0 saturated heterocycles. The number of ether oxygens (including phenoxy) is 1. The van der Waals surface area contributed by atoms with Gasteiger partial charge in [-0.15, -0.1) is 0 Å². The summed E-state index contributed by atoms with van der Waals surface area (Å²) in [5.41, 5.74) is 0.831. The zero-order valence-electron chi connectivity index (χ0n) is 9.73. The number of aromatic nitrogens is 2. The summed E-state index contributed by atoms with van der Waals surface area (Å²) in [7, 11) is 3.09. The Hall–Kier alpha value is -1.36. The Bertz CT molecular complexity index is 419. The number of hydrogen-bond acceptors (Lipinski definition) is 4. The van der Waals surface area contributed by atoms with Crippen LogP contribution >= 0.6 is 0 Å². The molecule has 1 N–H and O–H groups in total. The minimum atomic E-state index is -0.472. The fourth-order valence-electron chi connectivity index (χ4n) is 2.15. The lowest BCUT2D eigenvalue weighted by molar-refractivity contribution is 0.0589.